The number of nitrogens with zero attached hydrogens (tertiary/aromatic N) is 4. The molecule has 5 rings (SSSR count). The molecule has 1 saturated heterocycles. The van der Waals surface area contributed by atoms with E-state index in [9.17, 15) is 13.2 Å². The highest BCUT2D eigenvalue weighted by Crippen LogP contribution is 2.40. The monoisotopic (exact) mass is 410 g/mol. The van der Waals surface area contributed by atoms with Crippen molar-refractivity contribution < 1.29 is 17.9 Å². The molecule has 0 bridgehead atoms. The third kappa shape index (κ3) is 2.93. The average Bonchev–Trinajstić information content (AvgIpc) is 3.13. The fourth-order valence-electron chi connectivity index (χ4n) is 3.80. The van der Waals surface area contributed by atoms with Gasteiger partial charge in [0.1, 0.15) is 0 Å². The number of carbonyl (C=O) groups excluding carboxylic acids is 1. The summed E-state index contributed by atoms with van der Waals surface area (Å²) in [6.45, 7) is 1.81. The zero-order valence-electron chi connectivity index (χ0n) is 15.5. The molecular weight excluding hydrogens is 392 g/mol. The predicted octanol–water partition coefficient (Wildman–Crippen LogP) is 1.69. The van der Waals surface area contributed by atoms with Crippen LogP contribution in [0.2, 0.25) is 0 Å². The van der Waals surface area contributed by atoms with E-state index in [1.54, 1.807) is 52.2 Å². The smallest absolute Gasteiger partial charge is 0.274 e. The van der Waals surface area contributed by atoms with Crippen LogP contribution in [-0.2, 0) is 20.3 Å². The van der Waals surface area contributed by atoms with Crippen LogP contribution in [0, 0.1) is 0 Å². The van der Waals surface area contributed by atoms with Crippen molar-refractivity contribution in [2.75, 3.05) is 26.3 Å². The fraction of sp³-hybridized carbons (Fsp3) is 0.250. The molecule has 8 nitrogen and oxygen atoms in total. The van der Waals surface area contributed by atoms with Crippen LogP contribution in [0.5, 0.6) is 0 Å². The molecule has 0 aliphatic carbocycles. The molecule has 3 aromatic rings. The second kappa shape index (κ2) is 6.78. The van der Waals surface area contributed by atoms with Gasteiger partial charge >= 0.3 is 0 Å². The molecular formula is C20H18N4O4S. The number of aromatic nitrogens is 3. The van der Waals surface area contributed by atoms with Crippen LogP contribution in [0.25, 0.3) is 17.1 Å². The van der Waals surface area contributed by atoms with Gasteiger partial charge in [0.2, 0.25) is 0 Å². The first-order valence-electron chi connectivity index (χ1n) is 9.29. The highest BCUT2D eigenvalue weighted by molar-refractivity contribution is 7.90. The highest BCUT2D eigenvalue weighted by Gasteiger charge is 2.37. The molecule has 0 spiro atoms. The van der Waals surface area contributed by atoms with Crippen LogP contribution in [0.1, 0.15) is 16.1 Å². The van der Waals surface area contributed by atoms with Crippen LogP contribution in [0.3, 0.4) is 0 Å². The summed E-state index contributed by atoms with van der Waals surface area (Å²) in [6.07, 6.45) is 1.64. The third-order valence-corrected chi connectivity index (χ3v) is 6.86. The maximum atomic E-state index is 13.2. The summed E-state index contributed by atoms with van der Waals surface area (Å²) in [4.78, 5) is 19.5. The largest absolute Gasteiger partial charge is 0.378 e. The predicted molar refractivity (Wildman–Crippen MR) is 104 cm³/mol. The van der Waals surface area contributed by atoms with Crippen molar-refractivity contribution in [2.24, 2.45) is 0 Å². The first-order chi connectivity index (χ1) is 14.1. The van der Waals surface area contributed by atoms with Crippen molar-refractivity contribution in [3.8, 4) is 17.1 Å². The van der Waals surface area contributed by atoms with Gasteiger partial charge in [-0.3, -0.25) is 4.79 Å². The Bertz CT molecular complexity index is 1200. The SMILES string of the molecule is O=C(c1nn(-c2ccccn2)c2c1CS(=O)(=O)c1ccccc1-2)N1CCOCC1. The van der Waals surface area contributed by atoms with Crippen LogP contribution >= 0.6 is 0 Å². The van der Waals surface area contributed by atoms with Gasteiger partial charge in [-0.15, -0.1) is 0 Å². The Kier molecular flexibility index (Phi) is 4.21. The average molecular weight is 410 g/mol. The zero-order chi connectivity index (χ0) is 20.0. The van der Waals surface area contributed by atoms with Crippen molar-refractivity contribution in [2.45, 2.75) is 10.6 Å². The minimum atomic E-state index is -3.58. The lowest BCUT2D eigenvalue weighted by atomic mass is 10.1. The first kappa shape index (κ1) is 18.0. The molecule has 4 heterocycles. The number of amides is 1. The molecule has 148 valence electrons. The number of fused-ring (bicyclic) bond motifs is 3. The third-order valence-electron chi connectivity index (χ3n) is 5.16. The maximum absolute atomic E-state index is 13.2. The minimum Gasteiger partial charge on any atom is -0.378 e. The second-order valence-corrected chi connectivity index (χ2v) is 8.89. The van der Waals surface area contributed by atoms with Gasteiger partial charge in [0.25, 0.3) is 5.91 Å². The summed E-state index contributed by atoms with van der Waals surface area (Å²) in [7, 11) is -3.58. The Labute approximate surface area is 167 Å². The van der Waals surface area contributed by atoms with E-state index in [0.717, 1.165) is 0 Å². The highest BCUT2D eigenvalue weighted by atomic mass is 32.2. The van der Waals surface area contributed by atoms with Crippen molar-refractivity contribution in [1.29, 1.82) is 0 Å². The van der Waals surface area contributed by atoms with Gasteiger partial charge in [-0.05, 0) is 18.2 Å². The van der Waals surface area contributed by atoms with E-state index in [0.29, 0.717) is 48.9 Å². The number of carbonyl (C=O) groups is 1. The Balaban J connectivity index is 1.75. The van der Waals surface area contributed by atoms with E-state index in [4.69, 9.17) is 4.74 Å². The van der Waals surface area contributed by atoms with Gasteiger partial charge in [-0.2, -0.15) is 5.10 Å². The first-order valence-corrected chi connectivity index (χ1v) is 10.9. The number of sulfone groups is 1. The molecule has 1 fully saturated rings. The molecule has 0 atom stereocenters. The second-order valence-electron chi connectivity index (χ2n) is 6.94. The lowest BCUT2D eigenvalue weighted by Gasteiger charge is -2.26. The standard InChI is InChI=1S/C20H18N4O4S/c25-20(23-9-11-28-12-10-23)18-15-13-29(26,27)16-6-2-1-5-14(16)19(15)24(22-18)17-7-3-4-8-21-17/h1-8H,9-13H2. The van der Waals surface area contributed by atoms with Crippen LogP contribution < -0.4 is 0 Å². The van der Waals surface area contributed by atoms with Gasteiger partial charge in [0.15, 0.2) is 21.3 Å². The summed E-state index contributed by atoms with van der Waals surface area (Å²) < 4.78 is 32.8. The number of rotatable bonds is 2. The Morgan fingerprint density at radius 1 is 1.03 bits per heavy atom. The van der Waals surface area contributed by atoms with Crippen molar-refractivity contribution >= 4 is 15.7 Å². The molecule has 0 saturated carbocycles. The lowest BCUT2D eigenvalue weighted by molar-refractivity contribution is 0.0298. The molecule has 0 radical (unpaired) electrons. The summed E-state index contributed by atoms with van der Waals surface area (Å²) >= 11 is 0. The summed E-state index contributed by atoms with van der Waals surface area (Å²) in [5, 5.41) is 4.56. The van der Waals surface area contributed by atoms with Crippen LogP contribution in [0.4, 0.5) is 0 Å². The normalized spacial score (nSPS) is 17.4. The number of morpholine rings is 1. The van der Waals surface area contributed by atoms with Gasteiger partial charge in [-0.25, -0.2) is 18.1 Å². The van der Waals surface area contributed by atoms with Crippen molar-refractivity contribution in [3.05, 3.63) is 59.9 Å². The number of ether oxygens (including phenoxy) is 1. The lowest BCUT2D eigenvalue weighted by Crippen LogP contribution is -2.41. The molecule has 1 amide bonds. The molecule has 1 aromatic carbocycles. The van der Waals surface area contributed by atoms with E-state index >= 15 is 0 Å². The number of pyridine rings is 1. The molecule has 29 heavy (non-hydrogen) atoms. The van der Waals surface area contributed by atoms with E-state index < -0.39 is 9.84 Å². The summed E-state index contributed by atoms with van der Waals surface area (Å²) in [6, 6.07) is 12.2. The van der Waals surface area contributed by atoms with Crippen LogP contribution in [0.15, 0.2) is 53.6 Å². The molecule has 0 N–H and O–H groups in total. The van der Waals surface area contributed by atoms with E-state index in [1.165, 1.54) is 0 Å². The van der Waals surface area contributed by atoms with Gasteiger partial charge in [0.05, 0.1) is 29.6 Å². The van der Waals surface area contributed by atoms with E-state index in [2.05, 4.69) is 10.1 Å². The van der Waals surface area contributed by atoms with Crippen molar-refractivity contribution in [3.63, 3.8) is 0 Å². The Morgan fingerprint density at radius 2 is 1.79 bits per heavy atom. The Hall–Kier alpha value is -3.04. The summed E-state index contributed by atoms with van der Waals surface area (Å²) in [5.74, 6) is -0.0230. The molecule has 0 unspecified atom stereocenters. The number of benzene rings is 1. The number of hydrogen-bond acceptors (Lipinski definition) is 6. The maximum Gasteiger partial charge on any atom is 0.274 e. The Morgan fingerprint density at radius 3 is 2.55 bits per heavy atom. The quantitative estimate of drug-likeness (QED) is 0.638. The molecule has 9 heteroatoms. The molecule has 2 aliphatic heterocycles. The summed E-state index contributed by atoms with van der Waals surface area (Å²) in [5.41, 5.74) is 1.72. The number of hydrogen-bond donors (Lipinski definition) is 0. The van der Waals surface area contributed by atoms with Crippen LogP contribution in [-0.4, -0.2) is 60.3 Å². The fourth-order valence-corrected chi connectivity index (χ4v) is 5.39. The van der Waals surface area contributed by atoms with Gasteiger partial charge in [0, 0.05) is 30.4 Å². The zero-order valence-corrected chi connectivity index (χ0v) is 16.3. The molecule has 2 aliphatic rings. The van der Waals surface area contributed by atoms with Gasteiger partial charge in [-0.1, -0.05) is 24.3 Å². The van der Waals surface area contributed by atoms with Crippen molar-refractivity contribution in [1.82, 2.24) is 19.7 Å². The molecule has 2 aromatic heterocycles. The van der Waals surface area contributed by atoms with E-state index in [-0.39, 0.29) is 22.2 Å². The van der Waals surface area contributed by atoms with E-state index in [1.807, 2.05) is 6.07 Å². The topological polar surface area (TPSA) is 94.4 Å². The minimum absolute atomic E-state index is 0.158. The van der Waals surface area contributed by atoms with Gasteiger partial charge < -0.3 is 9.64 Å².